The van der Waals surface area contributed by atoms with Gasteiger partial charge in [-0.2, -0.15) is 5.10 Å². The zero-order valence-electron chi connectivity index (χ0n) is 8.50. The molecule has 0 aliphatic heterocycles. The van der Waals surface area contributed by atoms with E-state index in [1.165, 1.54) is 0 Å². The molecule has 14 heavy (non-hydrogen) atoms. The Bertz CT molecular complexity index is 347. The van der Waals surface area contributed by atoms with Gasteiger partial charge in [0.05, 0.1) is 16.8 Å². The van der Waals surface area contributed by atoms with Crippen LogP contribution >= 0.6 is 15.9 Å². The summed E-state index contributed by atoms with van der Waals surface area (Å²) in [5.41, 5.74) is 1.35. The van der Waals surface area contributed by atoms with Crippen LogP contribution < -0.4 is 0 Å². The Morgan fingerprint density at radius 1 is 1.57 bits per heavy atom. The molecule has 0 aliphatic carbocycles. The molecule has 1 heterocycles. The van der Waals surface area contributed by atoms with Gasteiger partial charge >= 0.3 is 5.97 Å². The van der Waals surface area contributed by atoms with Crippen molar-refractivity contribution in [2.24, 2.45) is 7.05 Å². The lowest BCUT2D eigenvalue weighted by molar-refractivity contribution is 0.0512. The van der Waals surface area contributed by atoms with Crippen molar-refractivity contribution < 1.29 is 9.53 Å². The number of ether oxygens (including phenoxy) is 1. The predicted octanol–water partition coefficient (Wildman–Crippen LogP) is 1.92. The molecule has 0 radical (unpaired) electrons. The Morgan fingerprint density at radius 3 is 2.64 bits per heavy atom. The van der Waals surface area contributed by atoms with Crippen molar-refractivity contribution in [2.45, 2.75) is 20.3 Å². The van der Waals surface area contributed by atoms with Crippen molar-refractivity contribution >= 4 is 21.9 Å². The van der Waals surface area contributed by atoms with Crippen molar-refractivity contribution in [1.29, 1.82) is 0 Å². The van der Waals surface area contributed by atoms with Gasteiger partial charge in [0.25, 0.3) is 0 Å². The van der Waals surface area contributed by atoms with Crippen molar-refractivity contribution in [3.63, 3.8) is 0 Å². The Hall–Kier alpha value is -0.840. The maximum absolute atomic E-state index is 11.5. The Morgan fingerprint density at radius 2 is 2.21 bits per heavy atom. The van der Waals surface area contributed by atoms with E-state index in [1.807, 2.05) is 6.92 Å². The first-order valence-corrected chi connectivity index (χ1v) is 5.29. The van der Waals surface area contributed by atoms with Crippen LogP contribution in [0.2, 0.25) is 0 Å². The summed E-state index contributed by atoms with van der Waals surface area (Å²) in [6.45, 7) is 4.14. The lowest BCUT2D eigenvalue weighted by atomic mass is 10.3. The SMILES string of the molecule is CCOC(=O)c1c(Br)c(CC)nn1C. The number of hydrogen-bond acceptors (Lipinski definition) is 3. The monoisotopic (exact) mass is 260 g/mol. The minimum Gasteiger partial charge on any atom is -0.461 e. The van der Waals surface area contributed by atoms with Crippen LogP contribution in [0.1, 0.15) is 30.0 Å². The van der Waals surface area contributed by atoms with Gasteiger partial charge in [0.15, 0.2) is 5.69 Å². The van der Waals surface area contributed by atoms with Gasteiger partial charge in [-0.1, -0.05) is 6.92 Å². The third-order valence-corrected chi connectivity index (χ3v) is 2.69. The summed E-state index contributed by atoms with van der Waals surface area (Å²) in [6.07, 6.45) is 0.786. The highest BCUT2D eigenvalue weighted by Gasteiger charge is 2.19. The van der Waals surface area contributed by atoms with Crippen molar-refractivity contribution in [3.8, 4) is 0 Å². The lowest BCUT2D eigenvalue weighted by Crippen LogP contribution is -2.10. The molecular weight excluding hydrogens is 248 g/mol. The van der Waals surface area contributed by atoms with Crippen LogP contribution in [0, 0.1) is 0 Å². The van der Waals surface area contributed by atoms with E-state index in [2.05, 4.69) is 21.0 Å². The van der Waals surface area contributed by atoms with Crippen molar-refractivity contribution in [1.82, 2.24) is 9.78 Å². The number of rotatable bonds is 3. The molecule has 5 heteroatoms. The summed E-state index contributed by atoms with van der Waals surface area (Å²) in [6, 6.07) is 0. The van der Waals surface area contributed by atoms with Gasteiger partial charge in [0.1, 0.15) is 0 Å². The number of hydrogen-bond donors (Lipinski definition) is 0. The fourth-order valence-corrected chi connectivity index (χ4v) is 1.98. The number of nitrogens with zero attached hydrogens (tertiary/aromatic N) is 2. The van der Waals surface area contributed by atoms with Crippen LogP contribution in [0.25, 0.3) is 0 Å². The number of carbonyl (C=O) groups excluding carboxylic acids is 1. The summed E-state index contributed by atoms with van der Waals surface area (Å²) in [5.74, 6) is -0.339. The topological polar surface area (TPSA) is 44.1 Å². The molecule has 0 bridgehead atoms. The van der Waals surface area contributed by atoms with Gasteiger partial charge in [-0.05, 0) is 29.3 Å². The number of esters is 1. The maximum atomic E-state index is 11.5. The average Bonchev–Trinajstić information content (AvgIpc) is 2.41. The molecule has 0 saturated carbocycles. The number of halogens is 1. The van der Waals surface area contributed by atoms with Gasteiger partial charge in [0, 0.05) is 7.05 Å². The maximum Gasteiger partial charge on any atom is 0.357 e. The lowest BCUT2D eigenvalue weighted by Gasteiger charge is -2.01. The molecule has 0 aliphatic rings. The van der Waals surface area contributed by atoms with Crippen LogP contribution in [0.3, 0.4) is 0 Å². The van der Waals surface area contributed by atoms with Crippen LogP contribution in [-0.2, 0) is 18.2 Å². The molecule has 0 saturated heterocycles. The molecule has 1 rings (SSSR count). The Kier molecular flexibility index (Phi) is 3.69. The smallest absolute Gasteiger partial charge is 0.357 e. The number of aryl methyl sites for hydroxylation is 2. The standard InChI is InChI=1S/C9H13BrN2O2/c1-4-6-7(10)8(12(3)11-6)9(13)14-5-2/h4-5H2,1-3H3. The van der Waals surface area contributed by atoms with Gasteiger partial charge in [-0.3, -0.25) is 4.68 Å². The fourth-order valence-electron chi connectivity index (χ4n) is 1.20. The van der Waals surface area contributed by atoms with Crippen molar-refractivity contribution in [3.05, 3.63) is 15.9 Å². The Balaban J connectivity index is 3.07. The highest BCUT2D eigenvalue weighted by Crippen LogP contribution is 2.22. The minimum absolute atomic E-state index is 0.339. The third-order valence-electron chi connectivity index (χ3n) is 1.86. The van der Waals surface area contributed by atoms with E-state index in [1.54, 1.807) is 18.7 Å². The molecule has 0 atom stereocenters. The van der Waals surface area contributed by atoms with E-state index in [0.717, 1.165) is 16.6 Å². The van der Waals surface area contributed by atoms with Gasteiger partial charge in [-0.25, -0.2) is 4.79 Å². The number of aromatic nitrogens is 2. The summed E-state index contributed by atoms with van der Waals surface area (Å²) in [4.78, 5) is 11.5. The van der Waals surface area contributed by atoms with Gasteiger partial charge < -0.3 is 4.74 Å². The molecular formula is C9H13BrN2O2. The first-order valence-electron chi connectivity index (χ1n) is 4.50. The fraction of sp³-hybridized carbons (Fsp3) is 0.556. The molecule has 78 valence electrons. The number of carbonyl (C=O) groups is 1. The first-order chi connectivity index (χ1) is 6.61. The third kappa shape index (κ3) is 1.97. The quantitative estimate of drug-likeness (QED) is 0.781. The van der Waals surface area contributed by atoms with Gasteiger partial charge in [-0.15, -0.1) is 0 Å². The summed E-state index contributed by atoms with van der Waals surface area (Å²) >= 11 is 3.35. The van der Waals surface area contributed by atoms with Crippen LogP contribution in [-0.4, -0.2) is 22.4 Å². The highest BCUT2D eigenvalue weighted by molar-refractivity contribution is 9.10. The highest BCUT2D eigenvalue weighted by atomic mass is 79.9. The summed E-state index contributed by atoms with van der Waals surface area (Å²) in [5, 5.41) is 4.20. The first kappa shape index (κ1) is 11.2. The molecule has 0 unspecified atom stereocenters. The Labute approximate surface area is 91.4 Å². The normalized spacial score (nSPS) is 10.3. The molecule has 0 fully saturated rings. The van der Waals surface area contributed by atoms with E-state index in [-0.39, 0.29) is 5.97 Å². The summed E-state index contributed by atoms with van der Waals surface area (Å²) < 4.78 is 7.20. The van der Waals surface area contributed by atoms with Gasteiger partial charge in [0.2, 0.25) is 0 Å². The second-order valence-corrected chi connectivity index (χ2v) is 3.60. The molecule has 4 nitrogen and oxygen atoms in total. The molecule has 0 aromatic carbocycles. The van der Waals surface area contributed by atoms with E-state index in [0.29, 0.717) is 12.3 Å². The zero-order chi connectivity index (χ0) is 10.7. The second kappa shape index (κ2) is 4.59. The van der Waals surface area contributed by atoms with E-state index >= 15 is 0 Å². The molecule has 1 aromatic rings. The van der Waals surface area contributed by atoms with E-state index in [4.69, 9.17) is 4.74 Å². The summed E-state index contributed by atoms with van der Waals surface area (Å²) in [7, 11) is 1.73. The van der Waals surface area contributed by atoms with Crippen LogP contribution in [0.4, 0.5) is 0 Å². The largest absolute Gasteiger partial charge is 0.461 e. The molecule has 1 aromatic heterocycles. The molecule has 0 amide bonds. The molecule has 0 N–H and O–H groups in total. The zero-order valence-corrected chi connectivity index (χ0v) is 10.1. The molecule has 0 spiro atoms. The van der Waals surface area contributed by atoms with E-state index < -0.39 is 0 Å². The van der Waals surface area contributed by atoms with E-state index in [9.17, 15) is 4.79 Å². The van der Waals surface area contributed by atoms with Crippen molar-refractivity contribution in [2.75, 3.05) is 6.61 Å². The van der Waals surface area contributed by atoms with Crippen LogP contribution in [0.15, 0.2) is 4.47 Å². The van der Waals surface area contributed by atoms with Crippen LogP contribution in [0.5, 0.6) is 0 Å². The predicted molar refractivity (Wildman–Crippen MR) is 56.2 cm³/mol. The average molecular weight is 261 g/mol. The minimum atomic E-state index is -0.339. The second-order valence-electron chi connectivity index (χ2n) is 2.81.